The maximum Gasteiger partial charge on any atom is 0.325 e. The minimum Gasteiger partial charge on any atom is -0.468 e. The number of nitrogens with zero attached hydrogens (tertiary/aromatic N) is 2. The summed E-state index contributed by atoms with van der Waals surface area (Å²) in [6, 6.07) is 0.118. The lowest BCUT2D eigenvalue weighted by atomic mass is 10.1. The third kappa shape index (κ3) is 17.3. The molecule has 0 aromatic rings. The molecule has 0 unspecified atom stereocenters. The fourth-order valence-corrected chi connectivity index (χ4v) is 3.16. The first-order chi connectivity index (χ1) is 14.9. The molecule has 0 heterocycles. The van der Waals surface area contributed by atoms with Crippen molar-refractivity contribution in [2.45, 2.75) is 84.0 Å². The zero-order valence-electron chi connectivity index (χ0n) is 20.3. The van der Waals surface area contributed by atoms with Gasteiger partial charge in [0.25, 0.3) is 0 Å². The molecule has 0 fully saturated rings. The minimum absolute atomic E-state index is 0.0528. The smallest absolute Gasteiger partial charge is 0.325 e. The Hall–Kier alpha value is -2.05. The van der Waals surface area contributed by atoms with Gasteiger partial charge in [0.05, 0.1) is 7.11 Å². The summed E-state index contributed by atoms with van der Waals surface area (Å²) in [5.74, 6) is -0.521. The van der Waals surface area contributed by atoms with Crippen molar-refractivity contribution in [1.82, 2.24) is 15.1 Å². The highest BCUT2D eigenvalue weighted by Gasteiger charge is 2.12. The lowest BCUT2D eigenvalue weighted by Crippen LogP contribution is -2.39. The van der Waals surface area contributed by atoms with Gasteiger partial charge in [-0.3, -0.25) is 9.59 Å². The Morgan fingerprint density at radius 2 is 1.35 bits per heavy atom. The van der Waals surface area contributed by atoms with Gasteiger partial charge in [-0.15, -0.1) is 0 Å². The van der Waals surface area contributed by atoms with E-state index in [9.17, 15) is 14.4 Å². The molecule has 7 heteroatoms. The molecular weight excluding hydrogens is 394 g/mol. The molecule has 0 aromatic carbocycles. The summed E-state index contributed by atoms with van der Waals surface area (Å²) < 4.78 is 4.48. The van der Waals surface area contributed by atoms with Crippen LogP contribution in [-0.2, 0) is 14.3 Å². The van der Waals surface area contributed by atoms with Crippen molar-refractivity contribution in [3.05, 3.63) is 12.2 Å². The molecule has 0 bridgehead atoms. The summed E-state index contributed by atoms with van der Waals surface area (Å²) in [5.41, 5.74) is 0. The Bertz CT molecular complexity index is 523. The van der Waals surface area contributed by atoms with Gasteiger partial charge in [0.15, 0.2) is 0 Å². The quantitative estimate of drug-likeness (QED) is 0.193. The number of unbranched alkanes of at least 4 members (excludes halogenated alkanes) is 8. The van der Waals surface area contributed by atoms with Gasteiger partial charge in [-0.1, -0.05) is 44.8 Å². The predicted octanol–water partition coefficient (Wildman–Crippen LogP) is 4.52. The van der Waals surface area contributed by atoms with Gasteiger partial charge in [0, 0.05) is 33.6 Å². The van der Waals surface area contributed by atoms with E-state index in [1.807, 2.05) is 23.9 Å². The molecule has 0 aliphatic rings. The summed E-state index contributed by atoms with van der Waals surface area (Å²) in [4.78, 5) is 38.4. The number of urea groups is 1. The van der Waals surface area contributed by atoms with Crippen molar-refractivity contribution in [2.24, 2.45) is 0 Å². The number of allylic oxidation sites excluding steroid dienone is 2. The third-order valence-corrected chi connectivity index (χ3v) is 5.21. The fraction of sp³-hybridized carbons (Fsp3) is 0.792. The van der Waals surface area contributed by atoms with Crippen LogP contribution in [0.3, 0.4) is 0 Å². The van der Waals surface area contributed by atoms with Crippen molar-refractivity contribution in [1.29, 1.82) is 0 Å². The number of esters is 1. The van der Waals surface area contributed by atoms with Crippen LogP contribution in [-0.4, -0.2) is 68.5 Å². The van der Waals surface area contributed by atoms with E-state index in [0.29, 0.717) is 6.42 Å². The van der Waals surface area contributed by atoms with Gasteiger partial charge in [-0.05, 0) is 44.9 Å². The Morgan fingerprint density at radius 1 is 0.806 bits per heavy atom. The summed E-state index contributed by atoms with van der Waals surface area (Å²) in [6.45, 7) is 3.76. The van der Waals surface area contributed by atoms with Gasteiger partial charge in [-0.2, -0.15) is 0 Å². The van der Waals surface area contributed by atoms with Gasteiger partial charge < -0.3 is 19.9 Å². The lowest BCUT2D eigenvalue weighted by Gasteiger charge is -2.24. The Labute approximate surface area is 189 Å². The van der Waals surface area contributed by atoms with E-state index in [2.05, 4.69) is 29.1 Å². The molecule has 31 heavy (non-hydrogen) atoms. The normalized spacial score (nSPS) is 10.8. The number of hydrogen-bond acceptors (Lipinski definition) is 4. The SMILES string of the molecule is CCCCCN(C)C(=O)N(C)CCCC/C=C\CCCCCCC(=O)NCC(=O)OC. The highest BCUT2D eigenvalue weighted by Crippen LogP contribution is 2.07. The van der Waals surface area contributed by atoms with E-state index in [4.69, 9.17) is 0 Å². The first kappa shape index (κ1) is 28.9. The number of amides is 3. The summed E-state index contributed by atoms with van der Waals surface area (Å²) >= 11 is 0. The van der Waals surface area contributed by atoms with E-state index in [1.54, 1.807) is 0 Å². The second-order valence-corrected chi connectivity index (χ2v) is 8.11. The van der Waals surface area contributed by atoms with Crippen LogP contribution < -0.4 is 5.32 Å². The summed E-state index contributed by atoms with van der Waals surface area (Å²) in [5, 5.41) is 2.55. The average Bonchev–Trinajstić information content (AvgIpc) is 2.77. The molecule has 3 amide bonds. The molecule has 0 atom stereocenters. The average molecular weight is 440 g/mol. The number of nitrogens with one attached hydrogen (secondary N) is 1. The van der Waals surface area contributed by atoms with Crippen molar-refractivity contribution in [2.75, 3.05) is 40.8 Å². The van der Waals surface area contributed by atoms with E-state index < -0.39 is 5.97 Å². The maximum absolute atomic E-state index is 12.3. The molecule has 0 saturated carbocycles. The zero-order chi connectivity index (χ0) is 23.3. The van der Waals surface area contributed by atoms with Crippen LogP contribution in [0.2, 0.25) is 0 Å². The molecule has 0 rings (SSSR count). The topological polar surface area (TPSA) is 79.0 Å². The molecule has 180 valence electrons. The number of rotatable bonds is 18. The Balaban J connectivity index is 3.56. The van der Waals surface area contributed by atoms with Crippen LogP contribution in [0.15, 0.2) is 12.2 Å². The standard InChI is InChI=1S/C24H45N3O4/c1-5-6-16-19-26(2)24(30)27(3)20-17-14-12-10-8-7-9-11-13-15-18-22(28)25-21-23(29)31-4/h8,10H,5-7,9,11-21H2,1-4H3,(H,25,28)/b10-8-. The minimum atomic E-state index is -0.425. The zero-order valence-corrected chi connectivity index (χ0v) is 20.3. The third-order valence-electron chi connectivity index (χ3n) is 5.21. The second-order valence-electron chi connectivity index (χ2n) is 8.11. The first-order valence-corrected chi connectivity index (χ1v) is 11.9. The van der Waals surface area contributed by atoms with Crippen LogP contribution in [0.5, 0.6) is 0 Å². The van der Waals surface area contributed by atoms with Gasteiger partial charge in [-0.25, -0.2) is 4.79 Å². The lowest BCUT2D eigenvalue weighted by molar-refractivity contribution is -0.141. The number of carbonyl (C=O) groups excluding carboxylic acids is 3. The van der Waals surface area contributed by atoms with Crippen molar-refractivity contribution in [3.8, 4) is 0 Å². The molecule has 0 aliphatic carbocycles. The highest BCUT2D eigenvalue weighted by atomic mass is 16.5. The van der Waals surface area contributed by atoms with Crippen LogP contribution in [0, 0.1) is 0 Å². The van der Waals surface area contributed by atoms with Gasteiger partial charge in [0.2, 0.25) is 5.91 Å². The second kappa shape index (κ2) is 19.9. The summed E-state index contributed by atoms with van der Waals surface area (Å²) in [7, 11) is 5.08. The molecule has 0 radical (unpaired) electrons. The van der Waals surface area contributed by atoms with Gasteiger partial charge in [0.1, 0.15) is 6.54 Å². The van der Waals surface area contributed by atoms with Crippen LogP contribution in [0.1, 0.15) is 84.0 Å². The monoisotopic (exact) mass is 439 g/mol. The van der Waals surface area contributed by atoms with Crippen LogP contribution >= 0.6 is 0 Å². The highest BCUT2D eigenvalue weighted by molar-refractivity contribution is 5.81. The van der Waals surface area contributed by atoms with E-state index >= 15 is 0 Å². The Kier molecular flexibility index (Phi) is 18.6. The number of carbonyl (C=O) groups is 3. The van der Waals surface area contributed by atoms with E-state index in [1.165, 1.54) is 20.0 Å². The molecule has 0 saturated heterocycles. The Morgan fingerprint density at radius 3 is 1.94 bits per heavy atom. The number of methoxy groups -OCH3 is 1. The summed E-state index contributed by atoms with van der Waals surface area (Å²) in [6.07, 6.45) is 16.7. The molecule has 0 aliphatic heterocycles. The van der Waals surface area contributed by atoms with E-state index in [0.717, 1.165) is 70.9 Å². The molecule has 0 aromatic heterocycles. The number of hydrogen-bond donors (Lipinski definition) is 1. The maximum atomic E-state index is 12.3. The first-order valence-electron chi connectivity index (χ1n) is 11.9. The van der Waals surface area contributed by atoms with Crippen molar-refractivity contribution in [3.63, 3.8) is 0 Å². The van der Waals surface area contributed by atoms with Crippen LogP contribution in [0.4, 0.5) is 4.79 Å². The van der Waals surface area contributed by atoms with Crippen molar-refractivity contribution >= 4 is 17.9 Å². The fourth-order valence-electron chi connectivity index (χ4n) is 3.16. The molecule has 7 nitrogen and oxygen atoms in total. The van der Waals surface area contributed by atoms with Crippen molar-refractivity contribution < 1.29 is 19.1 Å². The number of ether oxygens (including phenoxy) is 1. The molecular formula is C24H45N3O4. The van der Waals surface area contributed by atoms with Crippen LogP contribution in [0.25, 0.3) is 0 Å². The largest absolute Gasteiger partial charge is 0.468 e. The predicted molar refractivity (Wildman–Crippen MR) is 126 cm³/mol. The van der Waals surface area contributed by atoms with Gasteiger partial charge >= 0.3 is 12.0 Å². The molecule has 1 N–H and O–H groups in total. The van der Waals surface area contributed by atoms with E-state index in [-0.39, 0.29) is 18.5 Å². The molecule has 0 spiro atoms.